The van der Waals surface area contributed by atoms with Gasteiger partial charge in [-0.05, 0) is 49.8 Å². The number of hydrogen-bond donors (Lipinski definition) is 0. The molecule has 0 aromatic heterocycles. The molecule has 1 aromatic carbocycles. The summed E-state index contributed by atoms with van der Waals surface area (Å²) in [5.74, 6) is 0.796. The summed E-state index contributed by atoms with van der Waals surface area (Å²) in [6, 6.07) is 8.68. The first-order chi connectivity index (χ1) is 11.7. The lowest BCUT2D eigenvalue weighted by Gasteiger charge is -2.40. The van der Waals surface area contributed by atoms with Crippen molar-refractivity contribution in [1.82, 2.24) is 9.80 Å². The molecule has 1 spiro atoms. The average Bonchev–Trinajstić information content (AvgIpc) is 3.37. The maximum atomic E-state index is 12.4. The third kappa shape index (κ3) is 3.27. The number of carbonyl (C=O) groups excluding carboxylic acids is 1. The van der Waals surface area contributed by atoms with Crippen molar-refractivity contribution in [2.45, 2.75) is 38.6 Å². The van der Waals surface area contributed by atoms with Gasteiger partial charge < -0.3 is 4.90 Å². The Morgan fingerprint density at radius 2 is 2.12 bits per heavy atom. The van der Waals surface area contributed by atoms with Gasteiger partial charge in [0.1, 0.15) is 0 Å². The molecule has 3 aliphatic rings. The summed E-state index contributed by atoms with van der Waals surface area (Å²) < 4.78 is 0. The Morgan fingerprint density at radius 1 is 1.25 bits per heavy atom. The molecular weight excluding hydrogens is 296 g/mol. The lowest BCUT2D eigenvalue weighted by molar-refractivity contribution is -0.132. The number of hydrogen-bond acceptors (Lipinski definition) is 2. The fraction of sp³-hybridized carbons (Fsp3) is 0.571. The summed E-state index contributed by atoms with van der Waals surface area (Å²) in [6.07, 6.45) is 7.88. The van der Waals surface area contributed by atoms with Gasteiger partial charge in [-0.15, -0.1) is 0 Å². The summed E-state index contributed by atoms with van der Waals surface area (Å²) >= 11 is 0. The molecule has 4 rings (SSSR count). The average molecular weight is 324 g/mol. The molecule has 24 heavy (non-hydrogen) atoms. The first-order valence-electron chi connectivity index (χ1n) is 9.40. The van der Waals surface area contributed by atoms with Crippen molar-refractivity contribution in [2.75, 3.05) is 26.2 Å². The fourth-order valence-corrected chi connectivity index (χ4v) is 4.57. The van der Waals surface area contributed by atoms with Crippen LogP contribution < -0.4 is 0 Å². The van der Waals surface area contributed by atoms with Gasteiger partial charge in [0.25, 0.3) is 0 Å². The lowest BCUT2D eigenvalue weighted by atomic mass is 9.79. The molecule has 2 saturated heterocycles. The SMILES string of the molecule is C=Cc1cccc(CN2CCC[C@]3(CCN(C(=O)C4CC4)C3)C2)c1. The third-order valence-corrected chi connectivity index (χ3v) is 6.01. The van der Waals surface area contributed by atoms with E-state index in [1.807, 2.05) is 6.08 Å². The molecule has 3 nitrogen and oxygen atoms in total. The molecule has 2 heterocycles. The van der Waals surface area contributed by atoms with E-state index in [1.54, 1.807) is 0 Å². The van der Waals surface area contributed by atoms with Gasteiger partial charge in [-0.3, -0.25) is 9.69 Å². The van der Waals surface area contributed by atoms with E-state index in [0.29, 0.717) is 17.2 Å². The van der Waals surface area contributed by atoms with Crippen molar-refractivity contribution >= 4 is 12.0 Å². The summed E-state index contributed by atoms with van der Waals surface area (Å²) in [5.41, 5.74) is 2.91. The highest BCUT2D eigenvalue weighted by Gasteiger charge is 2.45. The van der Waals surface area contributed by atoms with Crippen LogP contribution in [0.15, 0.2) is 30.8 Å². The van der Waals surface area contributed by atoms with Gasteiger partial charge in [-0.1, -0.05) is 36.9 Å². The molecule has 1 aromatic rings. The predicted octanol–water partition coefficient (Wildman–Crippen LogP) is 3.55. The minimum absolute atomic E-state index is 0.346. The van der Waals surface area contributed by atoms with Gasteiger partial charge in [0.2, 0.25) is 5.91 Å². The topological polar surface area (TPSA) is 23.6 Å². The van der Waals surface area contributed by atoms with Gasteiger partial charge in [0.15, 0.2) is 0 Å². The van der Waals surface area contributed by atoms with Crippen molar-refractivity contribution in [3.63, 3.8) is 0 Å². The third-order valence-electron chi connectivity index (χ3n) is 6.01. The number of nitrogens with zero attached hydrogens (tertiary/aromatic N) is 2. The standard InChI is InChI=1S/C21H28N2O/c1-2-17-5-3-6-18(13-17)14-22-11-4-9-21(15-22)10-12-23(16-21)20(24)19-7-8-19/h2-3,5-6,13,19H,1,4,7-12,14-16H2/t21-/m0/s1. The maximum Gasteiger partial charge on any atom is 0.225 e. The summed E-state index contributed by atoms with van der Waals surface area (Å²) in [5, 5.41) is 0. The van der Waals surface area contributed by atoms with Crippen LogP contribution in [0, 0.1) is 11.3 Å². The van der Waals surface area contributed by atoms with Crippen LogP contribution in [0.3, 0.4) is 0 Å². The number of rotatable bonds is 4. The molecule has 3 heteroatoms. The summed E-state index contributed by atoms with van der Waals surface area (Å²) in [4.78, 5) is 17.1. The van der Waals surface area contributed by atoms with E-state index < -0.39 is 0 Å². The normalized spacial score (nSPS) is 27.6. The molecule has 0 radical (unpaired) electrons. The van der Waals surface area contributed by atoms with Crippen LogP contribution in [0.5, 0.6) is 0 Å². The van der Waals surface area contributed by atoms with E-state index in [4.69, 9.17) is 0 Å². The van der Waals surface area contributed by atoms with Crippen LogP contribution in [0.4, 0.5) is 0 Å². The molecule has 1 atom stereocenters. The second-order valence-electron chi connectivity index (χ2n) is 8.05. The molecule has 0 bridgehead atoms. The molecule has 1 aliphatic carbocycles. The highest BCUT2D eigenvalue weighted by atomic mass is 16.2. The number of carbonyl (C=O) groups is 1. The minimum Gasteiger partial charge on any atom is -0.342 e. The highest BCUT2D eigenvalue weighted by Crippen LogP contribution is 2.41. The van der Waals surface area contributed by atoms with E-state index in [9.17, 15) is 4.79 Å². The second kappa shape index (κ2) is 6.36. The van der Waals surface area contributed by atoms with E-state index in [-0.39, 0.29) is 0 Å². The van der Waals surface area contributed by atoms with Gasteiger partial charge in [-0.25, -0.2) is 0 Å². The van der Waals surface area contributed by atoms with Crippen LogP contribution in [0.25, 0.3) is 6.08 Å². The van der Waals surface area contributed by atoms with Crippen molar-refractivity contribution in [3.8, 4) is 0 Å². The Morgan fingerprint density at radius 3 is 2.92 bits per heavy atom. The molecule has 1 amide bonds. The van der Waals surface area contributed by atoms with Gasteiger partial charge in [0, 0.05) is 37.5 Å². The molecule has 1 saturated carbocycles. The van der Waals surface area contributed by atoms with E-state index in [1.165, 1.54) is 36.9 Å². The number of benzene rings is 1. The Bertz CT molecular complexity index is 636. The highest BCUT2D eigenvalue weighted by molar-refractivity contribution is 5.81. The van der Waals surface area contributed by atoms with Crippen LogP contribution >= 0.6 is 0 Å². The number of likely N-dealkylation sites (tertiary alicyclic amines) is 2. The first kappa shape index (κ1) is 15.9. The van der Waals surface area contributed by atoms with Crippen LogP contribution in [-0.4, -0.2) is 41.9 Å². The Hall–Kier alpha value is -1.61. The lowest BCUT2D eigenvalue weighted by Crippen LogP contribution is -2.45. The largest absolute Gasteiger partial charge is 0.342 e. The van der Waals surface area contributed by atoms with E-state index >= 15 is 0 Å². The van der Waals surface area contributed by atoms with Crippen LogP contribution in [0.2, 0.25) is 0 Å². The Labute approximate surface area is 145 Å². The number of piperidine rings is 1. The second-order valence-corrected chi connectivity index (χ2v) is 8.05. The zero-order chi connectivity index (χ0) is 16.6. The minimum atomic E-state index is 0.346. The van der Waals surface area contributed by atoms with Crippen LogP contribution in [0.1, 0.15) is 43.2 Å². The zero-order valence-electron chi connectivity index (χ0n) is 14.5. The predicted molar refractivity (Wildman–Crippen MR) is 97.4 cm³/mol. The molecule has 0 unspecified atom stereocenters. The monoisotopic (exact) mass is 324 g/mol. The molecular formula is C21H28N2O. The quantitative estimate of drug-likeness (QED) is 0.845. The van der Waals surface area contributed by atoms with Crippen molar-refractivity contribution in [3.05, 3.63) is 42.0 Å². The first-order valence-corrected chi connectivity index (χ1v) is 9.40. The van der Waals surface area contributed by atoms with Crippen molar-refractivity contribution in [1.29, 1.82) is 0 Å². The number of amides is 1. The van der Waals surface area contributed by atoms with Gasteiger partial charge in [-0.2, -0.15) is 0 Å². The van der Waals surface area contributed by atoms with Gasteiger partial charge in [0.05, 0.1) is 0 Å². The molecule has 0 N–H and O–H groups in total. The van der Waals surface area contributed by atoms with E-state index in [0.717, 1.165) is 39.0 Å². The van der Waals surface area contributed by atoms with E-state index in [2.05, 4.69) is 40.6 Å². The summed E-state index contributed by atoms with van der Waals surface area (Å²) in [6.45, 7) is 9.17. The maximum absolute atomic E-state index is 12.4. The smallest absolute Gasteiger partial charge is 0.225 e. The zero-order valence-corrected chi connectivity index (χ0v) is 14.5. The Balaban J connectivity index is 1.40. The van der Waals surface area contributed by atoms with Gasteiger partial charge >= 0.3 is 0 Å². The van der Waals surface area contributed by atoms with Crippen LogP contribution in [-0.2, 0) is 11.3 Å². The fourth-order valence-electron chi connectivity index (χ4n) is 4.57. The van der Waals surface area contributed by atoms with Crippen molar-refractivity contribution < 1.29 is 4.79 Å². The summed E-state index contributed by atoms with van der Waals surface area (Å²) in [7, 11) is 0. The molecule has 2 aliphatic heterocycles. The molecule has 3 fully saturated rings. The van der Waals surface area contributed by atoms with Crippen molar-refractivity contribution in [2.24, 2.45) is 11.3 Å². The molecule has 128 valence electrons. The Kier molecular flexibility index (Phi) is 4.21.